The normalized spacial score (nSPS) is 32.5. The largest absolute Gasteiger partial charge is 0.323 e. The van der Waals surface area contributed by atoms with E-state index in [0.29, 0.717) is 12.3 Å². The van der Waals surface area contributed by atoms with E-state index in [1.165, 1.54) is 0 Å². The minimum absolute atomic E-state index is 0.0349. The van der Waals surface area contributed by atoms with Crippen molar-refractivity contribution in [2.75, 3.05) is 30.3 Å². The minimum Gasteiger partial charge on any atom is -0.323 e. The van der Waals surface area contributed by atoms with E-state index in [2.05, 4.69) is 5.32 Å². The number of carbonyl (C=O) groups excluding carboxylic acids is 1. The third kappa shape index (κ3) is 3.08. The van der Waals surface area contributed by atoms with Gasteiger partial charge in [-0.05, 0) is 18.9 Å². The summed E-state index contributed by atoms with van der Waals surface area (Å²) in [7, 11) is -3.21. The molecule has 0 aromatic heterocycles. The molecule has 2 rings (SSSR count). The molecule has 7 heteroatoms. The van der Waals surface area contributed by atoms with Gasteiger partial charge in [-0.15, -0.1) is 0 Å². The Balaban J connectivity index is 2.18. The van der Waals surface area contributed by atoms with Gasteiger partial charge < -0.3 is 10.2 Å². The average Bonchev–Trinajstić information content (AvgIpc) is 2.84. The molecule has 0 aromatic rings. The summed E-state index contributed by atoms with van der Waals surface area (Å²) in [5, 5.41) is 2.56. The fourth-order valence-electron chi connectivity index (χ4n) is 2.67. The molecule has 1 N–H and O–H groups in total. The van der Waals surface area contributed by atoms with Crippen LogP contribution in [0.3, 0.4) is 0 Å². The predicted molar refractivity (Wildman–Crippen MR) is 77.9 cm³/mol. The van der Waals surface area contributed by atoms with Crippen molar-refractivity contribution in [2.45, 2.75) is 31.7 Å². The molecule has 1 amide bonds. The van der Waals surface area contributed by atoms with E-state index in [-0.39, 0.29) is 23.6 Å². The van der Waals surface area contributed by atoms with Crippen LogP contribution >= 0.6 is 11.8 Å². The Bertz CT molecular complexity index is 438. The topological polar surface area (TPSA) is 66.5 Å². The van der Waals surface area contributed by atoms with E-state index >= 15 is 0 Å². The lowest BCUT2D eigenvalue weighted by atomic mass is 10.0. The van der Waals surface area contributed by atoms with Crippen molar-refractivity contribution >= 4 is 27.5 Å². The second-order valence-corrected chi connectivity index (χ2v) is 8.81. The van der Waals surface area contributed by atoms with E-state index in [0.717, 1.165) is 18.7 Å². The van der Waals surface area contributed by atoms with Crippen LogP contribution in [0.4, 0.5) is 0 Å². The van der Waals surface area contributed by atoms with Gasteiger partial charge in [0, 0.05) is 23.8 Å². The number of nitrogens with zero attached hydrogens (tertiary/aromatic N) is 1. The lowest BCUT2D eigenvalue weighted by Gasteiger charge is -2.36. The van der Waals surface area contributed by atoms with Crippen molar-refractivity contribution in [3.05, 3.63) is 0 Å². The van der Waals surface area contributed by atoms with Crippen molar-refractivity contribution in [3.63, 3.8) is 0 Å². The average molecular weight is 306 g/mol. The van der Waals surface area contributed by atoms with Crippen molar-refractivity contribution < 1.29 is 13.2 Å². The summed E-state index contributed by atoms with van der Waals surface area (Å²) < 4.78 is 24.3. The van der Waals surface area contributed by atoms with Crippen LogP contribution in [0.5, 0.6) is 0 Å². The Morgan fingerprint density at radius 1 is 1.47 bits per heavy atom. The number of hydrogen-bond acceptors (Lipinski definition) is 5. The highest BCUT2D eigenvalue weighted by molar-refractivity contribution is 8.01. The lowest BCUT2D eigenvalue weighted by molar-refractivity contribution is -0.134. The molecule has 19 heavy (non-hydrogen) atoms. The van der Waals surface area contributed by atoms with E-state index in [9.17, 15) is 13.2 Å². The number of nitrogens with one attached hydrogen (secondary N) is 1. The monoisotopic (exact) mass is 306 g/mol. The second kappa shape index (κ2) is 6.01. The fourth-order valence-corrected chi connectivity index (χ4v) is 5.64. The number of rotatable bonds is 3. The van der Waals surface area contributed by atoms with Crippen LogP contribution in [0.1, 0.15) is 20.3 Å². The van der Waals surface area contributed by atoms with Gasteiger partial charge in [-0.2, -0.15) is 11.8 Å². The van der Waals surface area contributed by atoms with Crippen LogP contribution in [0, 0.1) is 5.92 Å². The maximum absolute atomic E-state index is 12.6. The lowest BCUT2D eigenvalue weighted by Crippen LogP contribution is -2.56. The molecule has 2 fully saturated rings. The van der Waals surface area contributed by atoms with E-state index in [4.69, 9.17) is 0 Å². The van der Waals surface area contributed by atoms with Gasteiger partial charge in [-0.3, -0.25) is 4.79 Å². The number of sulfone groups is 1. The maximum atomic E-state index is 12.6. The molecule has 2 aliphatic heterocycles. The van der Waals surface area contributed by atoms with Crippen LogP contribution in [-0.2, 0) is 14.6 Å². The van der Waals surface area contributed by atoms with Crippen molar-refractivity contribution in [1.82, 2.24) is 10.2 Å². The standard InChI is InChI=1S/C12H22N2O3S2/c1-3-19(16,17)10-8-18-7-6-14(10)12(15)11-9(2)4-5-13-11/h9-11,13H,3-8H2,1-2H3. The number of carbonyl (C=O) groups is 1. The molecule has 2 aliphatic rings. The zero-order valence-electron chi connectivity index (χ0n) is 11.5. The van der Waals surface area contributed by atoms with Gasteiger partial charge in [0.1, 0.15) is 5.37 Å². The first-order valence-electron chi connectivity index (χ1n) is 6.80. The molecule has 0 spiro atoms. The Labute approximate surface area is 119 Å². The Morgan fingerprint density at radius 3 is 2.79 bits per heavy atom. The van der Waals surface area contributed by atoms with Crippen molar-refractivity contribution in [1.29, 1.82) is 0 Å². The molecule has 0 aromatic carbocycles. The summed E-state index contributed by atoms with van der Waals surface area (Å²) in [6, 6.07) is -0.211. The maximum Gasteiger partial charge on any atom is 0.241 e. The molecule has 2 saturated heterocycles. The summed E-state index contributed by atoms with van der Waals surface area (Å²) in [6.07, 6.45) is 0.976. The molecule has 5 nitrogen and oxygen atoms in total. The first-order valence-corrected chi connectivity index (χ1v) is 9.67. The third-order valence-corrected chi connectivity index (χ3v) is 7.27. The zero-order chi connectivity index (χ0) is 14.0. The van der Waals surface area contributed by atoms with Gasteiger partial charge in [0.05, 0.1) is 6.04 Å². The summed E-state index contributed by atoms with van der Waals surface area (Å²) in [5.74, 6) is 1.67. The molecule has 110 valence electrons. The van der Waals surface area contributed by atoms with Crippen molar-refractivity contribution in [3.8, 4) is 0 Å². The molecule has 0 saturated carbocycles. The summed E-state index contributed by atoms with van der Waals surface area (Å²) >= 11 is 1.62. The van der Waals surface area contributed by atoms with Gasteiger partial charge in [0.25, 0.3) is 0 Å². The predicted octanol–water partition coefficient (Wildman–Crippen LogP) is 0.321. The minimum atomic E-state index is -3.21. The number of hydrogen-bond donors (Lipinski definition) is 1. The fraction of sp³-hybridized carbons (Fsp3) is 0.917. The Kier molecular flexibility index (Phi) is 4.79. The molecule has 0 aliphatic carbocycles. The molecular formula is C12H22N2O3S2. The highest BCUT2D eigenvalue weighted by atomic mass is 32.2. The van der Waals surface area contributed by atoms with Gasteiger partial charge in [0.15, 0.2) is 9.84 Å². The van der Waals surface area contributed by atoms with Gasteiger partial charge in [-0.25, -0.2) is 8.42 Å². The Morgan fingerprint density at radius 2 is 2.21 bits per heavy atom. The third-order valence-electron chi connectivity index (χ3n) is 3.98. The number of thioether (sulfide) groups is 1. The van der Waals surface area contributed by atoms with E-state index in [1.54, 1.807) is 23.6 Å². The molecule has 0 radical (unpaired) electrons. The summed E-state index contributed by atoms with van der Waals surface area (Å²) in [4.78, 5) is 14.2. The smallest absolute Gasteiger partial charge is 0.241 e. The highest BCUT2D eigenvalue weighted by Crippen LogP contribution is 2.25. The van der Waals surface area contributed by atoms with E-state index in [1.807, 2.05) is 6.92 Å². The molecule has 2 heterocycles. The molecule has 3 unspecified atom stereocenters. The second-order valence-electron chi connectivity index (χ2n) is 5.21. The van der Waals surface area contributed by atoms with E-state index < -0.39 is 15.2 Å². The molecular weight excluding hydrogens is 284 g/mol. The van der Waals surface area contributed by atoms with Gasteiger partial charge in [-0.1, -0.05) is 13.8 Å². The van der Waals surface area contributed by atoms with Gasteiger partial charge in [0.2, 0.25) is 5.91 Å². The van der Waals surface area contributed by atoms with Crippen LogP contribution < -0.4 is 5.32 Å². The zero-order valence-corrected chi connectivity index (χ0v) is 13.1. The molecule has 3 atom stereocenters. The summed E-state index contributed by atoms with van der Waals surface area (Å²) in [5.41, 5.74) is 0. The van der Waals surface area contributed by atoms with Crippen LogP contribution in [0.2, 0.25) is 0 Å². The SMILES string of the molecule is CCS(=O)(=O)C1CSCCN1C(=O)C1NCCC1C. The highest BCUT2D eigenvalue weighted by Gasteiger charge is 2.40. The Hall–Kier alpha value is -0.270. The molecule has 0 bridgehead atoms. The van der Waals surface area contributed by atoms with Crippen LogP contribution in [0.25, 0.3) is 0 Å². The van der Waals surface area contributed by atoms with Crippen LogP contribution in [0.15, 0.2) is 0 Å². The van der Waals surface area contributed by atoms with Crippen LogP contribution in [-0.4, -0.2) is 61.0 Å². The quantitative estimate of drug-likeness (QED) is 0.813. The first kappa shape index (κ1) is 15.1. The first-order chi connectivity index (χ1) is 8.97. The summed E-state index contributed by atoms with van der Waals surface area (Å²) in [6.45, 7) is 5.07. The van der Waals surface area contributed by atoms with Gasteiger partial charge >= 0.3 is 0 Å². The van der Waals surface area contributed by atoms with Crippen molar-refractivity contribution in [2.24, 2.45) is 5.92 Å². The number of amides is 1.